The van der Waals surface area contributed by atoms with Gasteiger partial charge in [0, 0.05) is 31.9 Å². The Balaban J connectivity index is 1.60. The number of ether oxygens (including phenoxy) is 2. The van der Waals surface area contributed by atoms with E-state index in [0.29, 0.717) is 31.2 Å². The molecule has 0 unspecified atom stereocenters. The molecule has 0 radical (unpaired) electrons. The van der Waals surface area contributed by atoms with Crippen LogP contribution in [0.15, 0.2) is 29.4 Å². The van der Waals surface area contributed by atoms with Crippen molar-refractivity contribution in [2.75, 3.05) is 19.9 Å². The van der Waals surface area contributed by atoms with Crippen LogP contribution in [0.4, 0.5) is 13.2 Å². The molecule has 1 aromatic carbocycles. The molecule has 0 fully saturated rings. The summed E-state index contributed by atoms with van der Waals surface area (Å²) in [6.07, 6.45) is -2.47. The van der Waals surface area contributed by atoms with Crippen molar-refractivity contribution in [2.45, 2.75) is 26.1 Å². The first-order chi connectivity index (χ1) is 13.4. The first kappa shape index (κ1) is 19.8. The number of nitrogens with one attached hydrogen (secondary N) is 2. The van der Waals surface area contributed by atoms with Crippen molar-refractivity contribution >= 4 is 5.96 Å². The van der Waals surface area contributed by atoms with Gasteiger partial charge in [0.2, 0.25) is 6.79 Å². The number of nitrogens with zero attached hydrogens (tertiary/aromatic N) is 3. The molecule has 2 aromatic rings. The number of halogens is 3. The van der Waals surface area contributed by atoms with Crippen molar-refractivity contribution in [1.82, 2.24) is 20.4 Å². The Morgan fingerprint density at radius 1 is 1.25 bits per heavy atom. The SMILES string of the molecule is CCNC(=NCc1cn(C)nc1C(F)(F)F)NCCc1ccc2c(c1)OCO2. The van der Waals surface area contributed by atoms with Crippen LogP contribution in [-0.4, -0.2) is 35.6 Å². The third kappa shape index (κ3) is 4.87. The number of fused-ring (bicyclic) bond motifs is 1. The van der Waals surface area contributed by atoms with Crippen LogP contribution in [0, 0.1) is 0 Å². The summed E-state index contributed by atoms with van der Waals surface area (Å²) in [5.74, 6) is 1.89. The molecule has 0 aliphatic carbocycles. The van der Waals surface area contributed by atoms with Gasteiger partial charge in [0.05, 0.1) is 6.54 Å². The van der Waals surface area contributed by atoms with Gasteiger partial charge in [-0.2, -0.15) is 18.3 Å². The van der Waals surface area contributed by atoms with Crippen molar-refractivity contribution < 1.29 is 22.6 Å². The van der Waals surface area contributed by atoms with Crippen LogP contribution in [0.2, 0.25) is 0 Å². The first-order valence-electron chi connectivity index (χ1n) is 8.87. The lowest BCUT2D eigenvalue weighted by atomic mass is 10.1. The molecule has 0 saturated carbocycles. The summed E-state index contributed by atoms with van der Waals surface area (Å²) < 4.78 is 50.9. The van der Waals surface area contributed by atoms with Crippen LogP contribution in [-0.2, 0) is 26.2 Å². The summed E-state index contributed by atoms with van der Waals surface area (Å²) in [5, 5.41) is 9.66. The van der Waals surface area contributed by atoms with Gasteiger partial charge >= 0.3 is 6.18 Å². The van der Waals surface area contributed by atoms with Crippen molar-refractivity contribution in [3.05, 3.63) is 41.2 Å². The fourth-order valence-electron chi connectivity index (χ4n) is 2.82. The predicted octanol–water partition coefficient (Wildman–Crippen LogP) is 2.47. The van der Waals surface area contributed by atoms with Crippen LogP contribution >= 0.6 is 0 Å². The molecule has 1 aliphatic heterocycles. The second-order valence-electron chi connectivity index (χ2n) is 6.23. The number of hydrogen-bond acceptors (Lipinski definition) is 4. The topological polar surface area (TPSA) is 72.7 Å². The van der Waals surface area contributed by atoms with Crippen LogP contribution in [0.3, 0.4) is 0 Å². The molecule has 0 saturated heterocycles. The third-order valence-corrected chi connectivity index (χ3v) is 4.07. The Hall–Kier alpha value is -2.91. The minimum atomic E-state index is -4.50. The summed E-state index contributed by atoms with van der Waals surface area (Å²) in [7, 11) is 1.46. The van der Waals surface area contributed by atoms with E-state index in [9.17, 15) is 13.2 Å². The fourth-order valence-corrected chi connectivity index (χ4v) is 2.82. The zero-order valence-electron chi connectivity index (χ0n) is 15.6. The molecule has 0 atom stereocenters. The van der Waals surface area contributed by atoms with Crippen LogP contribution in [0.25, 0.3) is 0 Å². The van der Waals surface area contributed by atoms with Gasteiger partial charge in [0.1, 0.15) is 0 Å². The van der Waals surface area contributed by atoms with E-state index in [1.54, 1.807) is 0 Å². The number of aromatic nitrogens is 2. The van der Waals surface area contributed by atoms with Crippen LogP contribution < -0.4 is 20.1 Å². The average Bonchev–Trinajstić information content (AvgIpc) is 3.25. The molecule has 28 heavy (non-hydrogen) atoms. The lowest BCUT2D eigenvalue weighted by Gasteiger charge is -2.12. The summed E-state index contributed by atoms with van der Waals surface area (Å²) >= 11 is 0. The maximum absolute atomic E-state index is 13.0. The van der Waals surface area contributed by atoms with Crippen molar-refractivity contribution in [3.63, 3.8) is 0 Å². The van der Waals surface area contributed by atoms with E-state index in [0.717, 1.165) is 16.0 Å². The van der Waals surface area contributed by atoms with Gasteiger partial charge in [-0.15, -0.1) is 0 Å². The smallest absolute Gasteiger partial charge is 0.435 e. The van der Waals surface area contributed by atoms with Gasteiger partial charge in [-0.25, -0.2) is 4.99 Å². The molecule has 1 aromatic heterocycles. The molecular weight excluding hydrogens is 375 g/mol. The highest BCUT2D eigenvalue weighted by atomic mass is 19.4. The zero-order valence-corrected chi connectivity index (χ0v) is 15.6. The third-order valence-electron chi connectivity index (χ3n) is 4.07. The summed E-state index contributed by atoms with van der Waals surface area (Å²) in [5.41, 5.74) is 0.178. The molecule has 2 heterocycles. The van der Waals surface area contributed by atoms with E-state index >= 15 is 0 Å². The van der Waals surface area contributed by atoms with Gasteiger partial charge in [-0.3, -0.25) is 4.68 Å². The van der Waals surface area contributed by atoms with Crippen LogP contribution in [0.5, 0.6) is 11.5 Å². The van der Waals surface area contributed by atoms with E-state index in [-0.39, 0.29) is 18.9 Å². The maximum atomic E-state index is 13.0. The van der Waals surface area contributed by atoms with E-state index in [1.807, 2.05) is 25.1 Å². The number of guanidine groups is 1. The highest BCUT2D eigenvalue weighted by Crippen LogP contribution is 2.32. The number of hydrogen-bond donors (Lipinski definition) is 2. The van der Waals surface area contributed by atoms with Gasteiger partial charge in [0.15, 0.2) is 23.2 Å². The molecule has 2 N–H and O–H groups in total. The minimum absolute atomic E-state index is 0.0305. The summed E-state index contributed by atoms with van der Waals surface area (Å²) in [6, 6.07) is 5.72. The molecule has 152 valence electrons. The highest BCUT2D eigenvalue weighted by Gasteiger charge is 2.36. The lowest BCUT2D eigenvalue weighted by molar-refractivity contribution is -0.142. The van der Waals surface area contributed by atoms with Gasteiger partial charge in [0.25, 0.3) is 0 Å². The quantitative estimate of drug-likeness (QED) is 0.579. The van der Waals surface area contributed by atoms with Crippen molar-refractivity contribution in [2.24, 2.45) is 12.0 Å². The van der Waals surface area contributed by atoms with E-state index in [1.165, 1.54) is 13.2 Å². The van der Waals surface area contributed by atoms with Crippen molar-refractivity contribution in [1.29, 1.82) is 0 Å². The lowest BCUT2D eigenvalue weighted by Crippen LogP contribution is -2.38. The largest absolute Gasteiger partial charge is 0.454 e. The molecular formula is C18H22F3N5O2. The van der Waals surface area contributed by atoms with Gasteiger partial charge in [-0.1, -0.05) is 6.07 Å². The Kier molecular flexibility index (Phi) is 5.96. The Morgan fingerprint density at radius 3 is 2.79 bits per heavy atom. The maximum Gasteiger partial charge on any atom is 0.435 e. The Labute approximate surface area is 160 Å². The number of rotatable bonds is 6. The zero-order chi connectivity index (χ0) is 20.1. The number of alkyl halides is 3. The first-order valence-corrected chi connectivity index (χ1v) is 8.87. The summed E-state index contributed by atoms with van der Waals surface area (Å²) in [4.78, 5) is 4.26. The molecule has 0 spiro atoms. The Bertz CT molecular complexity index is 848. The second-order valence-corrected chi connectivity index (χ2v) is 6.23. The van der Waals surface area contributed by atoms with E-state index in [4.69, 9.17) is 9.47 Å². The molecule has 1 aliphatic rings. The molecule has 10 heteroatoms. The van der Waals surface area contributed by atoms with Gasteiger partial charge in [-0.05, 0) is 31.0 Å². The normalized spacial score (nSPS) is 13.7. The van der Waals surface area contributed by atoms with Gasteiger partial charge < -0.3 is 20.1 Å². The Morgan fingerprint density at radius 2 is 2.04 bits per heavy atom. The summed E-state index contributed by atoms with van der Waals surface area (Å²) in [6.45, 7) is 3.14. The van der Waals surface area contributed by atoms with Crippen molar-refractivity contribution in [3.8, 4) is 11.5 Å². The molecule has 0 amide bonds. The predicted molar refractivity (Wildman–Crippen MR) is 97.3 cm³/mol. The number of aryl methyl sites for hydroxylation is 1. The highest BCUT2D eigenvalue weighted by molar-refractivity contribution is 5.79. The van der Waals surface area contributed by atoms with E-state index < -0.39 is 11.9 Å². The number of aliphatic imine (C=N–C) groups is 1. The fraction of sp³-hybridized carbons (Fsp3) is 0.444. The molecule has 0 bridgehead atoms. The van der Waals surface area contributed by atoms with Crippen LogP contribution in [0.1, 0.15) is 23.7 Å². The molecule has 3 rings (SSSR count). The second kappa shape index (κ2) is 8.41. The number of benzene rings is 1. The molecule has 7 nitrogen and oxygen atoms in total. The standard InChI is InChI=1S/C18H22F3N5O2/c1-3-22-17(24-9-13-10-26(2)25-16(13)18(19,20)21)23-7-6-12-4-5-14-15(8-12)28-11-27-14/h4-5,8,10H,3,6-7,9,11H2,1-2H3,(H2,22,23,24). The monoisotopic (exact) mass is 397 g/mol. The van der Waals surface area contributed by atoms with E-state index in [2.05, 4.69) is 20.7 Å². The minimum Gasteiger partial charge on any atom is -0.454 e. The average molecular weight is 397 g/mol.